The van der Waals surface area contributed by atoms with Gasteiger partial charge in [-0.3, -0.25) is 0 Å². The first-order valence-corrected chi connectivity index (χ1v) is 6.76. The SMILES string of the molecule is CNS(=O)(=O)Cc1ccc(C2CC2)cc1. The van der Waals surface area contributed by atoms with Crippen LogP contribution in [0.1, 0.15) is 29.9 Å². The van der Waals surface area contributed by atoms with Crippen molar-refractivity contribution >= 4 is 10.0 Å². The third kappa shape index (κ3) is 2.79. The fourth-order valence-electron chi connectivity index (χ4n) is 1.59. The lowest BCUT2D eigenvalue weighted by Gasteiger charge is -2.03. The summed E-state index contributed by atoms with van der Waals surface area (Å²) in [5.74, 6) is 0.786. The van der Waals surface area contributed by atoms with Gasteiger partial charge in [-0.1, -0.05) is 24.3 Å². The standard InChI is InChI=1S/C11H15NO2S/c1-12-15(13,14)8-9-2-4-10(5-3-9)11-6-7-11/h2-5,11-12H,6-8H2,1H3. The first kappa shape index (κ1) is 10.6. The van der Waals surface area contributed by atoms with E-state index >= 15 is 0 Å². The molecule has 0 atom stereocenters. The molecule has 15 heavy (non-hydrogen) atoms. The molecule has 82 valence electrons. The molecule has 1 saturated carbocycles. The van der Waals surface area contributed by atoms with Crippen LogP contribution in [0.5, 0.6) is 0 Å². The average Bonchev–Trinajstić information content (AvgIpc) is 3.02. The lowest BCUT2D eigenvalue weighted by molar-refractivity contribution is 0.587. The molecule has 0 heterocycles. The molecule has 0 saturated heterocycles. The summed E-state index contributed by atoms with van der Waals surface area (Å²) >= 11 is 0. The molecule has 1 aromatic rings. The average molecular weight is 225 g/mol. The number of sulfonamides is 1. The van der Waals surface area contributed by atoms with Crippen molar-refractivity contribution in [2.45, 2.75) is 24.5 Å². The Balaban J connectivity index is 2.10. The Hall–Kier alpha value is -0.870. The van der Waals surface area contributed by atoms with Crippen LogP contribution in [-0.2, 0) is 15.8 Å². The van der Waals surface area contributed by atoms with Gasteiger partial charge in [0, 0.05) is 0 Å². The van der Waals surface area contributed by atoms with Crippen LogP contribution in [0.2, 0.25) is 0 Å². The Bertz CT molecular complexity index is 432. The van der Waals surface area contributed by atoms with E-state index in [4.69, 9.17) is 0 Å². The molecule has 1 N–H and O–H groups in total. The van der Waals surface area contributed by atoms with Crippen LogP contribution in [0.25, 0.3) is 0 Å². The fraction of sp³-hybridized carbons (Fsp3) is 0.455. The highest BCUT2D eigenvalue weighted by atomic mass is 32.2. The number of hydrogen-bond donors (Lipinski definition) is 1. The summed E-state index contributed by atoms with van der Waals surface area (Å²) in [7, 11) is -1.70. The zero-order valence-electron chi connectivity index (χ0n) is 8.73. The maximum atomic E-state index is 11.3. The largest absolute Gasteiger partial charge is 0.218 e. The predicted octanol–water partition coefficient (Wildman–Crippen LogP) is 1.61. The Labute approximate surface area is 90.6 Å². The second kappa shape index (κ2) is 3.94. The van der Waals surface area contributed by atoms with Gasteiger partial charge in [0.25, 0.3) is 0 Å². The molecular formula is C11H15NO2S. The van der Waals surface area contributed by atoms with Crippen molar-refractivity contribution in [2.24, 2.45) is 0 Å². The van der Waals surface area contributed by atoms with E-state index in [2.05, 4.69) is 4.72 Å². The first-order valence-electron chi connectivity index (χ1n) is 5.11. The minimum absolute atomic E-state index is 0.0639. The molecular weight excluding hydrogens is 210 g/mol. The van der Waals surface area contributed by atoms with E-state index in [1.165, 1.54) is 25.5 Å². The van der Waals surface area contributed by atoms with Crippen LogP contribution in [-0.4, -0.2) is 15.5 Å². The molecule has 3 nitrogen and oxygen atoms in total. The molecule has 0 aromatic heterocycles. The minimum Gasteiger partial charge on any atom is -0.218 e. The quantitative estimate of drug-likeness (QED) is 0.846. The molecule has 1 aliphatic carbocycles. The number of rotatable bonds is 4. The monoisotopic (exact) mass is 225 g/mol. The molecule has 4 heteroatoms. The van der Waals surface area contributed by atoms with Gasteiger partial charge in [0.15, 0.2) is 0 Å². The van der Waals surface area contributed by atoms with Crippen LogP contribution in [0.4, 0.5) is 0 Å². The normalized spacial score (nSPS) is 16.6. The highest BCUT2D eigenvalue weighted by Crippen LogP contribution is 2.39. The smallest absolute Gasteiger partial charge is 0.215 e. The summed E-state index contributed by atoms with van der Waals surface area (Å²) in [5.41, 5.74) is 2.18. The summed E-state index contributed by atoms with van der Waals surface area (Å²) < 4.78 is 24.9. The van der Waals surface area contributed by atoms with Crippen molar-refractivity contribution in [2.75, 3.05) is 7.05 Å². The van der Waals surface area contributed by atoms with E-state index in [1.807, 2.05) is 24.3 Å². The van der Waals surface area contributed by atoms with E-state index in [9.17, 15) is 8.42 Å². The fourth-order valence-corrected chi connectivity index (χ4v) is 2.37. The maximum Gasteiger partial charge on any atom is 0.215 e. The summed E-state index contributed by atoms with van der Waals surface area (Å²) in [6.07, 6.45) is 2.54. The highest BCUT2D eigenvalue weighted by molar-refractivity contribution is 7.88. The van der Waals surface area contributed by atoms with Crippen LogP contribution in [0, 0.1) is 0 Å². The molecule has 0 amide bonds. The van der Waals surface area contributed by atoms with Crippen LogP contribution in [0.3, 0.4) is 0 Å². The molecule has 1 aliphatic rings. The van der Waals surface area contributed by atoms with E-state index in [-0.39, 0.29) is 5.75 Å². The minimum atomic E-state index is -3.14. The van der Waals surface area contributed by atoms with Gasteiger partial charge < -0.3 is 0 Å². The molecule has 0 bridgehead atoms. The van der Waals surface area contributed by atoms with Gasteiger partial charge in [0.2, 0.25) is 10.0 Å². The van der Waals surface area contributed by atoms with Crippen molar-refractivity contribution < 1.29 is 8.42 Å². The molecule has 1 aromatic carbocycles. The third-order valence-corrected chi connectivity index (χ3v) is 4.03. The van der Waals surface area contributed by atoms with Crippen molar-refractivity contribution in [1.82, 2.24) is 4.72 Å². The molecule has 0 aliphatic heterocycles. The van der Waals surface area contributed by atoms with Crippen molar-refractivity contribution in [1.29, 1.82) is 0 Å². The Morgan fingerprint density at radius 1 is 1.27 bits per heavy atom. The third-order valence-electron chi connectivity index (χ3n) is 2.70. The van der Waals surface area contributed by atoms with Crippen LogP contribution in [0.15, 0.2) is 24.3 Å². The van der Waals surface area contributed by atoms with Crippen molar-refractivity contribution in [3.05, 3.63) is 35.4 Å². The lowest BCUT2D eigenvalue weighted by atomic mass is 10.1. The summed E-state index contributed by atoms with van der Waals surface area (Å²) in [6.45, 7) is 0. The Morgan fingerprint density at radius 2 is 1.87 bits per heavy atom. The van der Waals surface area contributed by atoms with Crippen LogP contribution < -0.4 is 4.72 Å². The molecule has 0 unspecified atom stereocenters. The first-order chi connectivity index (χ1) is 7.11. The zero-order valence-corrected chi connectivity index (χ0v) is 9.55. The summed E-state index contributed by atoms with van der Waals surface area (Å²) in [5, 5.41) is 0. The van der Waals surface area contributed by atoms with Gasteiger partial charge in [-0.2, -0.15) is 0 Å². The Morgan fingerprint density at radius 3 is 2.33 bits per heavy atom. The van der Waals surface area contributed by atoms with Gasteiger partial charge in [-0.15, -0.1) is 0 Å². The second-order valence-corrected chi connectivity index (χ2v) is 5.91. The van der Waals surface area contributed by atoms with Crippen molar-refractivity contribution in [3.63, 3.8) is 0 Å². The van der Waals surface area contributed by atoms with Gasteiger partial charge in [-0.25, -0.2) is 13.1 Å². The van der Waals surface area contributed by atoms with Gasteiger partial charge >= 0.3 is 0 Å². The second-order valence-electron chi connectivity index (χ2n) is 3.98. The van der Waals surface area contributed by atoms with Crippen LogP contribution >= 0.6 is 0 Å². The number of benzene rings is 1. The van der Waals surface area contributed by atoms with E-state index in [0.29, 0.717) is 0 Å². The molecule has 2 rings (SSSR count). The van der Waals surface area contributed by atoms with Gasteiger partial charge in [-0.05, 0) is 36.9 Å². The molecule has 1 fully saturated rings. The maximum absolute atomic E-state index is 11.3. The number of hydrogen-bond acceptors (Lipinski definition) is 2. The molecule has 0 spiro atoms. The zero-order chi connectivity index (χ0) is 10.9. The lowest BCUT2D eigenvalue weighted by Crippen LogP contribution is -2.20. The highest BCUT2D eigenvalue weighted by Gasteiger charge is 2.23. The predicted molar refractivity (Wildman–Crippen MR) is 60.1 cm³/mol. The topological polar surface area (TPSA) is 46.2 Å². The summed E-state index contributed by atoms with van der Waals surface area (Å²) in [4.78, 5) is 0. The van der Waals surface area contributed by atoms with E-state index in [0.717, 1.165) is 11.5 Å². The van der Waals surface area contributed by atoms with E-state index < -0.39 is 10.0 Å². The number of nitrogens with one attached hydrogen (secondary N) is 1. The van der Waals surface area contributed by atoms with E-state index in [1.54, 1.807) is 0 Å². The van der Waals surface area contributed by atoms with Crippen molar-refractivity contribution in [3.8, 4) is 0 Å². The molecule has 0 radical (unpaired) electrons. The van der Waals surface area contributed by atoms with Gasteiger partial charge in [0.05, 0.1) is 5.75 Å². The van der Waals surface area contributed by atoms with Gasteiger partial charge in [0.1, 0.15) is 0 Å². The Kier molecular flexibility index (Phi) is 2.80. The summed E-state index contributed by atoms with van der Waals surface area (Å²) in [6, 6.07) is 7.89.